The molecule has 1 atom stereocenters. The molecule has 1 rings (SSSR count). The number of furan rings is 1. The highest BCUT2D eigenvalue weighted by Crippen LogP contribution is 2.17. The second kappa shape index (κ2) is 7.80. The smallest absolute Gasteiger partial charge is 0.113 e. The van der Waals surface area contributed by atoms with Gasteiger partial charge in [-0.1, -0.05) is 20.8 Å². The standard InChI is InChI=1S/C13H23NOS/c1-11(2)6-7-14-9-12(3)16-10-13-5-4-8-15-13/h4-5,8,11-12,14H,6-7,9-10H2,1-3H3. The highest BCUT2D eigenvalue weighted by molar-refractivity contribution is 7.99. The van der Waals surface area contributed by atoms with Gasteiger partial charge < -0.3 is 9.73 Å². The van der Waals surface area contributed by atoms with Crippen molar-refractivity contribution in [1.29, 1.82) is 0 Å². The van der Waals surface area contributed by atoms with Gasteiger partial charge in [0.15, 0.2) is 0 Å². The molecule has 0 aliphatic rings. The maximum absolute atomic E-state index is 5.30. The second-order valence-corrected chi connectivity index (χ2v) is 6.01. The van der Waals surface area contributed by atoms with Gasteiger partial charge in [0.05, 0.1) is 12.0 Å². The zero-order chi connectivity index (χ0) is 11.8. The van der Waals surface area contributed by atoms with Crippen molar-refractivity contribution in [2.75, 3.05) is 13.1 Å². The number of hydrogen-bond acceptors (Lipinski definition) is 3. The molecule has 0 bridgehead atoms. The van der Waals surface area contributed by atoms with E-state index in [1.165, 1.54) is 6.42 Å². The van der Waals surface area contributed by atoms with Crippen molar-refractivity contribution in [2.24, 2.45) is 5.92 Å². The zero-order valence-corrected chi connectivity index (χ0v) is 11.3. The van der Waals surface area contributed by atoms with E-state index in [2.05, 4.69) is 26.1 Å². The monoisotopic (exact) mass is 241 g/mol. The lowest BCUT2D eigenvalue weighted by Crippen LogP contribution is -2.24. The van der Waals surface area contributed by atoms with Crippen LogP contribution in [-0.4, -0.2) is 18.3 Å². The van der Waals surface area contributed by atoms with Crippen molar-refractivity contribution in [1.82, 2.24) is 5.32 Å². The molecule has 1 aromatic rings. The zero-order valence-electron chi connectivity index (χ0n) is 10.5. The molecular weight excluding hydrogens is 218 g/mol. The molecule has 0 aromatic carbocycles. The van der Waals surface area contributed by atoms with E-state index in [1.54, 1.807) is 6.26 Å². The quantitative estimate of drug-likeness (QED) is 0.705. The third-order valence-corrected chi connectivity index (χ3v) is 3.61. The number of nitrogens with one attached hydrogen (secondary N) is 1. The van der Waals surface area contributed by atoms with E-state index in [1.807, 2.05) is 23.9 Å². The molecule has 1 aromatic heterocycles. The topological polar surface area (TPSA) is 25.2 Å². The third kappa shape index (κ3) is 6.23. The summed E-state index contributed by atoms with van der Waals surface area (Å²) in [7, 11) is 0. The SMILES string of the molecule is CC(C)CCNCC(C)SCc1ccco1. The average molecular weight is 241 g/mol. The summed E-state index contributed by atoms with van der Waals surface area (Å²) in [6.45, 7) is 8.99. The molecule has 1 N–H and O–H groups in total. The van der Waals surface area contributed by atoms with Crippen LogP contribution in [0.15, 0.2) is 22.8 Å². The normalized spacial score (nSPS) is 13.2. The van der Waals surface area contributed by atoms with Crippen LogP contribution in [0.4, 0.5) is 0 Å². The maximum atomic E-state index is 5.30. The van der Waals surface area contributed by atoms with Crippen LogP contribution in [0, 0.1) is 5.92 Å². The largest absolute Gasteiger partial charge is 0.468 e. The lowest BCUT2D eigenvalue weighted by Gasteiger charge is -2.12. The fourth-order valence-electron chi connectivity index (χ4n) is 1.37. The molecule has 0 fully saturated rings. The molecule has 0 aliphatic carbocycles. The van der Waals surface area contributed by atoms with E-state index in [0.29, 0.717) is 5.25 Å². The van der Waals surface area contributed by atoms with Crippen LogP contribution in [-0.2, 0) is 5.75 Å². The summed E-state index contributed by atoms with van der Waals surface area (Å²) in [5.74, 6) is 2.83. The molecule has 1 heterocycles. The third-order valence-electron chi connectivity index (χ3n) is 2.42. The van der Waals surface area contributed by atoms with E-state index < -0.39 is 0 Å². The Kier molecular flexibility index (Phi) is 6.65. The fraction of sp³-hybridized carbons (Fsp3) is 0.692. The molecule has 92 valence electrons. The number of thioether (sulfide) groups is 1. The van der Waals surface area contributed by atoms with Crippen molar-refractivity contribution in [2.45, 2.75) is 38.2 Å². The van der Waals surface area contributed by atoms with Crippen LogP contribution in [0.5, 0.6) is 0 Å². The van der Waals surface area contributed by atoms with Gasteiger partial charge in [0.1, 0.15) is 5.76 Å². The van der Waals surface area contributed by atoms with Gasteiger partial charge in [-0.2, -0.15) is 0 Å². The number of hydrogen-bond donors (Lipinski definition) is 1. The molecule has 1 unspecified atom stereocenters. The van der Waals surface area contributed by atoms with Crippen molar-refractivity contribution in [3.8, 4) is 0 Å². The van der Waals surface area contributed by atoms with Crippen molar-refractivity contribution in [3.05, 3.63) is 24.2 Å². The van der Waals surface area contributed by atoms with E-state index in [4.69, 9.17) is 4.42 Å². The van der Waals surface area contributed by atoms with Crippen LogP contribution >= 0.6 is 11.8 Å². The van der Waals surface area contributed by atoms with E-state index >= 15 is 0 Å². The van der Waals surface area contributed by atoms with Gasteiger partial charge in [-0.15, -0.1) is 11.8 Å². The first kappa shape index (κ1) is 13.7. The van der Waals surface area contributed by atoms with Gasteiger partial charge in [-0.25, -0.2) is 0 Å². The molecule has 2 nitrogen and oxygen atoms in total. The molecule has 0 aliphatic heterocycles. The van der Waals surface area contributed by atoms with E-state index in [-0.39, 0.29) is 0 Å². The first-order chi connectivity index (χ1) is 7.68. The van der Waals surface area contributed by atoms with Gasteiger partial charge in [-0.3, -0.25) is 0 Å². The Hall–Kier alpha value is -0.410. The first-order valence-electron chi connectivity index (χ1n) is 6.03. The van der Waals surface area contributed by atoms with E-state index in [9.17, 15) is 0 Å². The summed E-state index contributed by atoms with van der Waals surface area (Å²) in [4.78, 5) is 0. The molecule has 0 amide bonds. The molecule has 0 spiro atoms. The van der Waals surface area contributed by atoms with Crippen LogP contribution in [0.1, 0.15) is 33.0 Å². The summed E-state index contributed by atoms with van der Waals surface area (Å²) in [5, 5.41) is 4.13. The van der Waals surface area contributed by atoms with Gasteiger partial charge in [-0.05, 0) is 31.0 Å². The minimum Gasteiger partial charge on any atom is -0.468 e. The fourth-order valence-corrected chi connectivity index (χ4v) is 2.22. The highest BCUT2D eigenvalue weighted by atomic mass is 32.2. The molecule has 0 saturated carbocycles. The predicted molar refractivity (Wildman–Crippen MR) is 71.8 cm³/mol. The van der Waals surface area contributed by atoms with E-state index in [0.717, 1.165) is 30.5 Å². The Balaban J connectivity index is 2.00. The second-order valence-electron chi connectivity index (χ2n) is 4.59. The van der Waals surface area contributed by atoms with Gasteiger partial charge in [0, 0.05) is 11.8 Å². The lowest BCUT2D eigenvalue weighted by atomic mass is 10.1. The average Bonchev–Trinajstić information content (AvgIpc) is 2.74. The van der Waals surface area contributed by atoms with Gasteiger partial charge in [0.2, 0.25) is 0 Å². The van der Waals surface area contributed by atoms with Crippen molar-refractivity contribution in [3.63, 3.8) is 0 Å². The highest BCUT2D eigenvalue weighted by Gasteiger charge is 2.04. The summed E-state index contributed by atoms with van der Waals surface area (Å²) in [6.07, 6.45) is 3.00. The Morgan fingerprint density at radius 1 is 1.38 bits per heavy atom. The molecule has 16 heavy (non-hydrogen) atoms. The van der Waals surface area contributed by atoms with Crippen LogP contribution in [0.3, 0.4) is 0 Å². The van der Waals surface area contributed by atoms with Gasteiger partial charge in [0.25, 0.3) is 0 Å². The minimum absolute atomic E-state index is 0.636. The molecule has 0 saturated heterocycles. The Labute approximate surface area is 103 Å². The summed E-state index contributed by atoms with van der Waals surface area (Å²) < 4.78 is 5.30. The molecule has 3 heteroatoms. The predicted octanol–water partition coefficient (Wildman–Crippen LogP) is 3.54. The Morgan fingerprint density at radius 2 is 2.19 bits per heavy atom. The summed E-state index contributed by atoms with van der Waals surface area (Å²) in [6, 6.07) is 3.98. The maximum Gasteiger partial charge on any atom is 0.113 e. The van der Waals surface area contributed by atoms with Crippen molar-refractivity contribution < 1.29 is 4.42 Å². The first-order valence-corrected chi connectivity index (χ1v) is 7.08. The van der Waals surface area contributed by atoms with Crippen molar-refractivity contribution >= 4 is 11.8 Å². The van der Waals surface area contributed by atoms with Crippen LogP contribution in [0.2, 0.25) is 0 Å². The van der Waals surface area contributed by atoms with Crippen LogP contribution < -0.4 is 5.32 Å². The Bertz CT molecular complexity index is 259. The molecular formula is C13H23NOS. The van der Waals surface area contributed by atoms with Crippen LogP contribution in [0.25, 0.3) is 0 Å². The molecule has 0 radical (unpaired) electrons. The summed E-state index contributed by atoms with van der Waals surface area (Å²) >= 11 is 1.94. The minimum atomic E-state index is 0.636. The number of rotatable bonds is 8. The Morgan fingerprint density at radius 3 is 2.81 bits per heavy atom. The van der Waals surface area contributed by atoms with Gasteiger partial charge >= 0.3 is 0 Å². The lowest BCUT2D eigenvalue weighted by molar-refractivity contribution is 0.528. The summed E-state index contributed by atoms with van der Waals surface area (Å²) in [5.41, 5.74) is 0.